The van der Waals surface area contributed by atoms with Gasteiger partial charge in [0.25, 0.3) is 0 Å². The van der Waals surface area contributed by atoms with E-state index >= 15 is 0 Å². The van der Waals surface area contributed by atoms with Crippen molar-refractivity contribution in [1.29, 1.82) is 0 Å². The predicted molar refractivity (Wildman–Crippen MR) is 63.4 cm³/mol. The van der Waals surface area contributed by atoms with Crippen molar-refractivity contribution >= 4 is 11.3 Å². The van der Waals surface area contributed by atoms with Gasteiger partial charge in [-0.3, -0.25) is 4.68 Å². The van der Waals surface area contributed by atoms with Crippen LogP contribution in [-0.4, -0.2) is 19.9 Å². The van der Waals surface area contributed by atoms with Gasteiger partial charge >= 0.3 is 0 Å². The van der Waals surface area contributed by atoms with Crippen LogP contribution in [0.1, 0.15) is 30.1 Å². The minimum atomic E-state index is -0.536. The molecule has 16 heavy (non-hydrogen) atoms. The van der Waals surface area contributed by atoms with Gasteiger partial charge in [-0.25, -0.2) is 4.98 Å². The lowest BCUT2D eigenvalue weighted by Crippen LogP contribution is -2.06. The minimum absolute atomic E-state index is 0.536. The number of rotatable bonds is 4. The lowest BCUT2D eigenvalue weighted by atomic mass is 10.1. The second-order valence-corrected chi connectivity index (χ2v) is 4.46. The Kier molecular flexibility index (Phi) is 3.36. The molecule has 1 N–H and O–H groups in total. The number of nitrogens with zero attached hydrogens (tertiary/aromatic N) is 3. The van der Waals surface area contributed by atoms with Gasteiger partial charge in [0.15, 0.2) is 0 Å². The summed E-state index contributed by atoms with van der Waals surface area (Å²) in [7, 11) is 1.91. The first kappa shape index (κ1) is 11.3. The SMILES string of the molecule is CCc1cc(CC(O)c2cscn2)n(C)n1. The zero-order valence-corrected chi connectivity index (χ0v) is 10.2. The van der Waals surface area contributed by atoms with Crippen molar-refractivity contribution < 1.29 is 5.11 Å². The molecule has 5 heteroatoms. The van der Waals surface area contributed by atoms with Gasteiger partial charge in [-0.2, -0.15) is 5.10 Å². The summed E-state index contributed by atoms with van der Waals surface area (Å²) in [5.74, 6) is 0. The monoisotopic (exact) mass is 237 g/mol. The molecule has 2 heterocycles. The summed E-state index contributed by atoms with van der Waals surface area (Å²) in [4.78, 5) is 4.11. The summed E-state index contributed by atoms with van der Waals surface area (Å²) in [5.41, 5.74) is 4.57. The largest absolute Gasteiger partial charge is 0.386 e. The lowest BCUT2D eigenvalue weighted by molar-refractivity contribution is 0.171. The first-order valence-corrected chi connectivity index (χ1v) is 6.23. The van der Waals surface area contributed by atoms with Crippen LogP contribution in [0.25, 0.3) is 0 Å². The number of hydrogen-bond acceptors (Lipinski definition) is 4. The molecule has 0 radical (unpaired) electrons. The quantitative estimate of drug-likeness (QED) is 0.880. The van der Waals surface area contributed by atoms with Crippen LogP contribution in [0.4, 0.5) is 0 Å². The van der Waals surface area contributed by atoms with Crippen LogP contribution in [-0.2, 0) is 19.9 Å². The molecule has 2 aromatic rings. The average molecular weight is 237 g/mol. The molecule has 0 saturated carbocycles. The van der Waals surface area contributed by atoms with Gasteiger partial charge in [0.05, 0.1) is 16.9 Å². The molecular weight excluding hydrogens is 222 g/mol. The third-order valence-corrected chi connectivity index (χ3v) is 3.19. The van der Waals surface area contributed by atoms with Crippen molar-refractivity contribution in [2.75, 3.05) is 0 Å². The molecule has 0 spiro atoms. The summed E-state index contributed by atoms with van der Waals surface area (Å²) in [6.45, 7) is 2.07. The van der Waals surface area contributed by atoms with E-state index in [1.807, 2.05) is 23.2 Å². The maximum absolute atomic E-state index is 9.97. The first-order valence-electron chi connectivity index (χ1n) is 5.28. The smallest absolute Gasteiger partial charge is 0.102 e. The Morgan fingerprint density at radius 1 is 1.56 bits per heavy atom. The van der Waals surface area contributed by atoms with E-state index < -0.39 is 6.10 Å². The number of aliphatic hydroxyl groups is 1. The maximum Gasteiger partial charge on any atom is 0.102 e. The predicted octanol–water partition coefficient (Wildman–Crippen LogP) is 1.72. The highest BCUT2D eigenvalue weighted by atomic mass is 32.1. The second kappa shape index (κ2) is 4.76. The Hall–Kier alpha value is -1.20. The molecule has 2 rings (SSSR count). The van der Waals surface area contributed by atoms with Gasteiger partial charge in [0, 0.05) is 24.5 Å². The van der Waals surface area contributed by atoms with E-state index in [0.717, 1.165) is 23.5 Å². The molecule has 4 nitrogen and oxygen atoms in total. The Balaban J connectivity index is 2.11. The van der Waals surface area contributed by atoms with Crippen molar-refractivity contribution in [1.82, 2.24) is 14.8 Å². The third-order valence-electron chi connectivity index (χ3n) is 2.58. The number of aryl methyl sites for hydroxylation is 2. The van der Waals surface area contributed by atoms with Crippen LogP contribution in [0.5, 0.6) is 0 Å². The first-order chi connectivity index (χ1) is 7.70. The molecule has 2 aromatic heterocycles. The van der Waals surface area contributed by atoms with Gasteiger partial charge in [-0.05, 0) is 12.5 Å². The number of aromatic nitrogens is 3. The molecule has 1 atom stereocenters. The van der Waals surface area contributed by atoms with Crippen LogP contribution in [0.15, 0.2) is 17.0 Å². The van der Waals surface area contributed by atoms with E-state index in [1.165, 1.54) is 11.3 Å². The second-order valence-electron chi connectivity index (χ2n) is 3.74. The van der Waals surface area contributed by atoms with Gasteiger partial charge < -0.3 is 5.11 Å². The van der Waals surface area contributed by atoms with Crippen molar-refractivity contribution in [2.45, 2.75) is 25.9 Å². The summed E-state index contributed by atoms with van der Waals surface area (Å²) in [6.07, 6.45) is 0.944. The van der Waals surface area contributed by atoms with Crippen molar-refractivity contribution in [3.8, 4) is 0 Å². The zero-order valence-electron chi connectivity index (χ0n) is 9.42. The van der Waals surface area contributed by atoms with Gasteiger partial charge in [-0.15, -0.1) is 11.3 Å². The van der Waals surface area contributed by atoms with Crippen LogP contribution in [0, 0.1) is 0 Å². The lowest BCUT2D eigenvalue weighted by Gasteiger charge is -2.07. The van der Waals surface area contributed by atoms with E-state index in [0.29, 0.717) is 6.42 Å². The number of hydrogen-bond donors (Lipinski definition) is 1. The molecule has 0 aromatic carbocycles. The van der Waals surface area contributed by atoms with Gasteiger partial charge in [0.1, 0.15) is 6.10 Å². The zero-order chi connectivity index (χ0) is 11.5. The van der Waals surface area contributed by atoms with E-state index in [1.54, 1.807) is 5.51 Å². The van der Waals surface area contributed by atoms with E-state index in [9.17, 15) is 5.11 Å². The molecule has 0 aliphatic carbocycles. The van der Waals surface area contributed by atoms with Crippen molar-refractivity contribution in [2.24, 2.45) is 7.05 Å². The molecule has 1 unspecified atom stereocenters. The molecule has 0 bridgehead atoms. The van der Waals surface area contributed by atoms with Gasteiger partial charge in [0.2, 0.25) is 0 Å². The van der Waals surface area contributed by atoms with Crippen molar-refractivity contribution in [3.05, 3.63) is 34.0 Å². The number of aliphatic hydroxyl groups excluding tert-OH is 1. The van der Waals surface area contributed by atoms with Crippen LogP contribution in [0.3, 0.4) is 0 Å². The Bertz CT molecular complexity index is 450. The Labute approximate surface area is 98.6 Å². The molecule has 0 saturated heterocycles. The fraction of sp³-hybridized carbons (Fsp3) is 0.455. The van der Waals surface area contributed by atoms with Crippen LogP contribution in [0.2, 0.25) is 0 Å². The molecule has 0 amide bonds. The summed E-state index contributed by atoms with van der Waals surface area (Å²) in [5, 5.41) is 16.2. The maximum atomic E-state index is 9.97. The van der Waals surface area contributed by atoms with Crippen LogP contribution >= 0.6 is 11.3 Å². The van der Waals surface area contributed by atoms with E-state index in [4.69, 9.17) is 0 Å². The highest BCUT2D eigenvalue weighted by Gasteiger charge is 2.13. The highest BCUT2D eigenvalue weighted by Crippen LogP contribution is 2.18. The van der Waals surface area contributed by atoms with E-state index in [-0.39, 0.29) is 0 Å². The topological polar surface area (TPSA) is 50.9 Å². The number of thiazole rings is 1. The fourth-order valence-corrected chi connectivity index (χ4v) is 2.23. The Morgan fingerprint density at radius 2 is 2.38 bits per heavy atom. The van der Waals surface area contributed by atoms with Crippen molar-refractivity contribution in [3.63, 3.8) is 0 Å². The highest BCUT2D eigenvalue weighted by molar-refractivity contribution is 7.07. The average Bonchev–Trinajstić information content (AvgIpc) is 2.88. The molecule has 0 aliphatic heterocycles. The minimum Gasteiger partial charge on any atom is -0.386 e. The molecule has 86 valence electrons. The molecule has 0 aliphatic rings. The molecule has 0 fully saturated rings. The summed E-state index contributed by atoms with van der Waals surface area (Å²) >= 11 is 1.50. The third kappa shape index (κ3) is 2.31. The standard InChI is InChI=1S/C11H15N3OS/c1-3-8-4-9(14(2)13-8)5-11(15)10-6-16-7-12-10/h4,6-7,11,15H,3,5H2,1-2H3. The summed E-state index contributed by atoms with van der Waals surface area (Å²) < 4.78 is 1.83. The van der Waals surface area contributed by atoms with Crippen LogP contribution < -0.4 is 0 Å². The Morgan fingerprint density at radius 3 is 2.94 bits per heavy atom. The molecular formula is C11H15N3OS. The van der Waals surface area contributed by atoms with Gasteiger partial charge in [-0.1, -0.05) is 6.92 Å². The fourth-order valence-electron chi connectivity index (χ4n) is 1.62. The normalized spacial score (nSPS) is 12.9. The summed E-state index contributed by atoms with van der Waals surface area (Å²) in [6, 6.07) is 2.04. The van der Waals surface area contributed by atoms with E-state index in [2.05, 4.69) is 17.0 Å².